The van der Waals surface area contributed by atoms with Gasteiger partial charge in [-0.3, -0.25) is 0 Å². The van der Waals surface area contributed by atoms with Crippen LogP contribution in [0.4, 0.5) is 0 Å². The maximum absolute atomic E-state index is 2.62. The molecule has 0 spiro atoms. The summed E-state index contributed by atoms with van der Waals surface area (Å²) in [5.41, 5.74) is 4.99. The molecule has 0 nitrogen and oxygen atoms in total. The normalized spacial score (nSPS) is 11.5. The minimum atomic E-state index is 1.29. The van der Waals surface area contributed by atoms with Crippen LogP contribution in [-0.4, -0.2) is 0 Å². The highest BCUT2D eigenvalue weighted by molar-refractivity contribution is 5.32. The van der Waals surface area contributed by atoms with E-state index >= 15 is 0 Å². The van der Waals surface area contributed by atoms with Crippen molar-refractivity contribution in [2.45, 2.75) is 213 Å². The summed E-state index contributed by atoms with van der Waals surface area (Å²) in [6.45, 7) is 6.94. The largest absolute Gasteiger partial charge is 0.0654 e. The summed E-state index contributed by atoms with van der Waals surface area (Å²) in [5, 5.41) is 0. The van der Waals surface area contributed by atoms with Gasteiger partial charge in [-0.15, -0.1) is 0 Å². The number of hydrogen-bond donors (Lipinski definition) is 0. The van der Waals surface area contributed by atoms with E-state index in [1.54, 1.807) is 16.7 Å². The molecule has 0 amide bonds. The maximum atomic E-state index is 2.62. The van der Waals surface area contributed by atoms with Gasteiger partial charge in [0.05, 0.1) is 0 Å². The van der Waals surface area contributed by atoms with Gasteiger partial charge in [0.2, 0.25) is 0 Å². The topological polar surface area (TPSA) is 0 Å². The number of unbranched alkanes of at least 4 members (excludes halogenated alkanes) is 24. The van der Waals surface area contributed by atoms with E-state index in [4.69, 9.17) is 0 Å². The van der Waals surface area contributed by atoms with Crippen molar-refractivity contribution in [3.8, 4) is 0 Å². The molecule has 0 unspecified atom stereocenters. The molecule has 0 heterocycles. The third-order valence-corrected chi connectivity index (χ3v) is 8.94. The molecule has 0 saturated carbocycles. The lowest BCUT2D eigenvalue weighted by molar-refractivity contribution is 0.560. The zero-order valence-electron chi connectivity index (χ0n) is 27.4. The van der Waals surface area contributed by atoms with E-state index in [2.05, 4.69) is 39.0 Å². The Morgan fingerprint density at radius 3 is 1.00 bits per heavy atom. The molecular formula is C39H72. The fourth-order valence-corrected chi connectivity index (χ4v) is 6.20. The third-order valence-electron chi connectivity index (χ3n) is 8.94. The van der Waals surface area contributed by atoms with Crippen LogP contribution in [0.5, 0.6) is 0 Å². The van der Waals surface area contributed by atoms with Gasteiger partial charge in [-0.05, 0) is 55.2 Å². The molecule has 0 N–H and O–H groups in total. The van der Waals surface area contributed by atoms with E-state index in [9.17, 15) is 0 Å². The number of benzene rings is 1. The molecule has 0 aliphatic heterocycles. The number of hydrogen-bond acceptors (Lipinski definition) is 0. The molecule has 0 radical (unpaired) electrons. The van der Waals surface area contributed by atoms with Gasteiger partial charge in [0, 0.05) is 0 Å². The van der Waals surface area contributed by atoms with Crippen molar-refractivity contribution in [2.75, 3.05) is 0 Å². The van der Waals surface area contributed by atoms with E-state index in [0.717, 1.165) is 0 Å². The van der Waals surface area contributed by atoms with E-state index in [0.29, 0.717) is 0 Å². The second-order valence-electron chi connectivity index (χ2n) is 12.8. The first-order chi connectivity index (χ1) is 19.3. The zero-order valence-corrected chi connectivity index (χ0v) is 27.4. The van der Waals surface area contributed by atoms with E-state index in [1.807, 2.05) is 0 Å². The van der Waals surface area contributed by atoms with Gasteiger partial charge in [-0.2, -0.15) is 0 Å². The summed E-state index contributed by atoms with van der Waals surface area (Å²) in [5.74, 6) is 0. The van der Waals surface area contributed by atoms with Crippen molar-refractivity contribution in [3.05, 3.63) is 34.9 Å². The van der Waals surface area contributed by atoms with Crippen molar-refractivity contribution >= 4 is 0 Å². The fourth-order valence-electron chi connectivity index (χ4n) is 6.20. The first kappa shape index (κ1) is 36.2. The van der Waals surface area contributed by atoms with Gasteiger partial charge in [0.15, 0.2) is 0 Å². The molecule has 228 valence electrons. The first-order valence-electron chi connectivity index (χ1n) is 18.4. The molecule has 39 heavy (non-hydrogen) atoms. The Bertz CT molecular complexity index is 614. The minimum absolute atomic E-state index is 1.29. The van der Waals surface area contributed by atoms with E-state index in [1.165, 1.54) is 193 Å². The van der Waals surface area contributed by atoms with Crippen LogP contribution in [0, 0.1) is 0 Å². The Labute approximate surface area is 247 Å². The summed E-state index contributed by atoms with van der Waals surface area (Å²) in [7, 11) is 0. The minimum Gasteiger partial charge on any atom is -0.0654 e. The van der Waals surface area contributed by atoms with Crippen molar-refractivity contribution in [1.82, 2.24) is 0 Å². The average molecular weight is 541 g/mol. The molecule has 1 rings (SSSR count). The molecule has 0 bridgehead atoms. The smallest absolute Gasteiger partial charge is 0.0276 e. The Balaban J connectivity index is 2.38. The summed E-state index contributed by atoms with van der Waals surface area (Å²) >= 11 is 0. The average Bonchev–Trinajstić information content (AvgIpc) is 2.95. The molecule has 0 heteroatoms. The monoisotopic (exact) mass is 541 g/mol. The number of rotatable bonds is 30. The van der Waals surface area contributed by atoms with Crippen LogP contribution in [0.15, 0.2) is 18.2 Å². The van der Waals surface area contributed by atoms with Gasteiger partial charge in [-0.25, -0.2) is 0 Å². The van der Waals surface area contributed by atoms with Gasteiger partial charge in [-0.1, -0.05) is 193 Å². The third kappa shape index (κ3) is 22.6. The molecule has 0 aliphatic carbocycles. The predicted octanol–water partition coefficient (Wildman–Crippen LogP) is 13.9. The molecule has 0 saturated heterocycles. The van der Waals surface area contributed by atoms with Crippen LogP contribution in [-0.2, 0) is 19.3 Å². The molecule has 1 aromatic carbocycles. The number of aryl methyl sites for hydroxylation is 3. The highest BCUT2D eigenvalue weighted by Gasteiger charge is 2.06. The van der Waals surface area contributed by atoms with Gasteiger partial charge in [0.25, 0.3) is 0 Å². The van der Waals surface area contributed by atoms with Crippen LogP contribution < -0.4 is 0 Å². The van der Waals surface area contributed by atoms with Crippen molar-refractivity contribution in [3.63, 3.8) is 0 Å². The standard InChI is InChI=1S/C39H72/c1-4-7-10-13-16-19-22-25-28-31-37-34-35-38(32-29-26-23-20-17-14-11-8-5-2)39(36-37)33-30-27-24-21-18-15-12-9-6-3/h34-36H,4-33H2,1-3H3. The molecular weight excluding hydrogens is 468 g/mol. The summed E-state index contributed by atoms with van der Waals surface area (Å²) < 4.78 is 0. The molecule has 1 aromatic rings. The fraction of sp³-hybridized carbons (Fsp3) is 0.846. The molecule has 0 aliphatic rings. The highest BCUT2D eigenvalue weighted by Crippen LogP contribution is 2.21. The summed E-state index contributed by atoms with van der Waals surface area (Å²) in [6.07, 6.45) is 42.4. The molecule has 0 atom stereocenters. The lowest BCUT2D eigenvalue weighted by Crippen LogP contribution is -1.98. The lowest BCUT2D eigenvalue weighted by Gasteiger charge is -2.13. The van der Waals surface area contributed by atoms with Gasteiger partial charge >= 0.3 is 0 Å². The Morgan fingerprint density at radius 2 is 0.615 bits per heavy atom. The van der Waals surface area contributed by atoms with Crippen LogP contribution in [0.25, 0.3) is 0 Å². The van der Waals surface area contributed by atoms with E-state index in [-0.39, 0.29) is 0 Å². The summed E-state index contributed by atoms with van der Waals surface area (Å²) in [6, 6.07) is 7.63. The quantitative estimate of drug-likeness (QED) is 0.0851. The highest BCUT2D eigenvalue weighted by atomic mass is 14.1. The SMILES string of the molecule is CCCCCCCCCCCc1ccc(CCCCCCCCCCC)c(CCCCCCCCCCC)c1. The second-order valence-corrected chi connectivity index (χ2v) is 12.8. The van der Waals surface area contributed by atoms with Crippen molar-refractivity contribution in [2.24, 2.45) is 0 Å². The van der Waals surface area contributed by atoms with Crippen LogP contribution in [0.1, 0.15) is 211 Å². The van der Waals surface area contributed by atoms with Crippen molar-refractivity contribution in [1.29, 1.82) is 0 Å². The van der Waals surface area contributed by atoms with Gasteiger partial charge < -0.3 is 0 Å². The van der Waals surface area contributed by atoms with Gasteiger partial charge in [0.1, 0.15) is 0 Å². The maximum Gasteiger partial charge on any atom is -0.0276 e. The molecule has 0 fully saturated rings. The summed E-state index contributed by atoms with van der Waals surface area (Å²) in [4.78, 5) is 0. The lowest BCUT2D eigenvalue weighted by atomic mass is 9.93. The van der Waals surface area contributed by atoms with Crippen LogP contribution in [0.3, 0.4) is 0 Å². The predicted molar refractivity (Wildman–Crippen MR) is 179 cm³/mol. The molecule has 0 aromatic heterocycles. The van der Waals surface area contributed by atoms with Crippen molar-refractivity contribution < 1.29 is 0 Å². The Kier molecular flexibility index (Phi) is 26.7. The Morgan fingerprint density at radius 1 is 0.308 bits per heavy atom. The Hall–Kier alpha value is -0.780. The zero-order chi connectivity index (χ0) is 28.1. The second kappa shape index (κ2) is 28.7. The van der Waals surface area contributed by atoms with Crippen LogP contribution in [0.2, 0.25) is 0 Å². The van der Waals surface area contributed by atoms with E-state index < -0.39 is 0 Å². The first-order valence-corrected chi connectivity index (χ1v) is 18.4. The van der Waals surface area contributed by atoms with Crippen LogP contribution >= 0.6 is 0 Å².